The number of hydrogen-bond donors (Lipinski definition) is 1. The highest BCUT2D eigenvalue weighted by Crippen LogP contribution is 2.24. The van der Waals surface area contributed by atoms with Crippen LogP contribution >= 0.6 is 11.8 Å². The van der Waals surface area contributed by atoms with E-state index in [2.05, 4.69) is 15.3 Å². The van der Waals surface area contributed by atoms with Crippen molar-refractivity contribution in [3.8, 4) is 0 Å². The van der Waals surface area contributed by atoms with Crippen LogP contribution in [0.5, 0.6) is 0 Å². The molecule has 6 nitrogen and oxygen atoms in total. The Kier molecular flexibility index (Phi) is 6.97. The van der Waals surface area contributed by atoms with E-state index in [-0.39, 0.29) is 18.2 Å². The number of benzene rings is 1. The Morgan fingerprint density at radius 3 is 2.55 bits per heavy atom. The fourth-order valence-electron chi connectivity index (χ4n) is 2.59. The van der Waals surface area contributed by atoms with Gasteiger partial charge in [0.05, 0.1) is 17.9 Å². The Hall–Kier alpha value is -3.19. The lowest BCUT2D eigenvalue weighted by Crippen LogP contribution is -2.16. The minimum Gasteiger partial charge on any atom is -0.462 e. The molecule has 0 saturated heterocycles. The summed E-state index contributed by atoms with van der Waals surface area (Å²) in [5, 5.41) is 2.82. The molecule has 0 aliphatic heterocycles. The molecule has 2 aromatic heterocycles. The lowest BCUT2D eigenvalue weighted by molar-refractivity contribution is 0.0524. The molecule has 0 aliphatic carbocycles. The van der Waals surface area contributed by atoms with Gasteiger partial charge in [-0.3, -0.25) is 9.78 Å². The lowest BCUT2D eigenvalue weighted by Gasteiger charge is -2.09. The van der Waals surface area contributed by atoms with Crippen molar-refractivity contribution in [3.63, 3.8) is 0 Å². The van der Waals surface area contributed by atoms with E-state index in [4.69, 9.17) is 4.74 Å². The summed E-state index contributed by atoms with van der Waals surface area (Å²) in [6, 6.07) is 14.7. The largest absolute Gasteiger partial charge is 0.462 e. The van der Waals surface area contributed by atoms with E-state index >= 15 is 0 Å². The third-order valence-corrected chi connectivity index (χ3v) is 5.14. The number of pyridine rings is 2. The monoisotopic (exact) mass is 407 g/mol. The Morgan fingerprint density at radius 1 is 1.10 bits per heavy atom. The number of esters is 1. The number of aromatic nitrogens is 2. The third kappa shape index (κ3) is 5.65. The van der Waals surface area contributed by atoms with E-state index in [0.29, 0.717) is 16.9 Å². The molecule has 1 amide bonds. The Bertz CT molecular complexity index is 992. The molecule has 0 bridgehead atoms. The summed E-state index contributed by atoms with van der Waals surface area (Å²) in [5.41, 5.74) is 2.89. The van der Waals surface area contributed by atoms with Crippen molar-refractivity contribution < 1.29 is 14.3 Å². The van der Waals surface area contributed by atoms with E-state index in [9.17, 15) is 9.59 Å². The maximum atomic E-state index is 12.5. The second kappa shape index (κ2) is 9.84. The molecule has 0 spiro atoms. The van der Waals surface area contributed by atoms with Crippen LogP contribution in [0.2, 0.25) is 0 Å². The van der Waals surface area contributed by atoms with Gasteiger partial charge in [0.1, 0.15) is 5.69 Å². The average Bonchev–Trinajstić information content (AvgIpc) is 2.74. The van der Waals surface area contributed by atoms with Gasteiger partial charge in [-0.05, 0) is 61.9 Å². The van der Waals surface area contributed by atoms with Crippen LogP contribution in [-0.4, -0.2) is 28.5 Å². The Balaban J connectivity index is 1.60. The Labute approximate surface area is 173 Å². The molecule has 0 atom stereocenters. The summed E-state index contributed by atoms with van der Waals surface area (Å²) in [6.45, 7) is 3.71. The smallest absolute Gasteiger partial charge is 0.339 e. The SMILES string of the molecule is CCOC(=O)c1ccc(C(=O)Nc2ccc(SCc3cccnc3)cc2)nc1C. The third-order valence-electron chi connectivity index (χ3n) is 4.05. The van der Waals surface area contributed by atoms with Crippen LogP contribution in [0.4, 0.5) is 5.69 Å². The predicted octanol–water partition coefficient (Wildman–Crippen LogP) is 4.51. The molecule has 29 heavy (non-hydrogen) atoms. The van der Waals surface area contributed by atoms with Gasteiger partial charge < -0.3 is 10.1 Å². The van der Waals surface area contributed by atoms with Crippen molar-refractivity contribution in [2.75, 3.05) is 11.9 Å². The zero-order valence-corrected chi connectivity index (χ0v) is 17.0. The summed E-state index contributed by atoms with van der Waals surface area (Å²) in [5.74, 6) is 0.0540. The number of thioether (sulfide) groups is 1. The molecule has 3 rings (SSSR count). The number of hydrogen-bond acceptors (Lipinski definition) is 6. The van der Waals surface area contributed by atoms with Crippen molar-refractivity contribution in [2.45, 2.75) is 24.5 Å². The minimum absolute atomic E-state index is 0.241. The van der Waals surface area contributed by atoms with Crippen molar-refractivity contribution in [2.24, 2.45) is 0 Å². The zero-order chi connectivity index (χ0) is 20.6. The summed E-state index contributed by atoms with van der Waals surface area (Å²) >= 11 is 1.70. The first-order chi connectivity index (χ1) is 14.1. The molecule has 1 N–H and O–H groups in total. The molecule has 7 heteroatoms. The molecule has 0 saturated carbocycles. The first-order valence-electron chi connectivity index (χ1n) is 9.14. The van der Waals surface area contributed by atoms with Crippen molar-refractivity contribution in [1.29, 1.82) is 0 Å². The molecule has 0 radical (unpaired) electrons. The van der Waals surface area contributed by atoms with Gasteiger partial charge in [0.15, 0.2) is 0 Å². The lowest BCUT2D eigenvalue weighted by atomic mass is 10.2. The molecule has 1 aromatic carbocycles. The molecule has 3 aromatic rings. The van der Waals surface area contributed by atoms with E-state index in [1.165, 1.54) is 6.07 Å². The number of carbonyl (C=O) groups is 2. The molecule has 148 valence electrons. The fourth-order valence-corrected chi connectivity index (χ4v) is 3.42. The number of nitrogens with one attached hydrogen (secondary N) is 1. The fraction of sp³-hybridized carbons (Fsp3) is 0.182. The van der Waals surface area contributed by atoms with Crippen LogP contribution in [0.25, 0.3) is 0 Å². The van der Waals surface area contributed by atoms with Crippen LogP contribution < -0.4 is 5.32 Å². The number of anilines is 1. The number of aryl methyl sites for hydroxylation is 1. The Morgan fingerprint density at radius 2 is 1.90 bits per heavy atom. The molecule has 0 fully saturated rings. The van der Waals surface area contributed by atoms with Gasteiger partial charge in [0.25, 0.3) is 5.91 Å². The second-order valence-corrected chi connectivity index (χ2v) is 7.23. The van der Waals surface area contributed by atoms with Gasteiger partial charge in [-0.25, -0.2) is 9.78 Å². The van der Waals surface area contributed by atoms with Crippen LogP contribution in [0, 0.1) is 6.92 Å². The van der Waals surface area contributed by atoms with E-state index in [0.717, 1.165) is 16.2 Å². The highest BCUT2D eigenvalue weighted by molar-refractivity contribution is 7.98. The first-order valence-corrected chi connectivity index (χ1v) is 10.1. The summed E-state index contributed by atoms with van der Waals surface area (Å²) in [6.07, 6.45) is 3.61. The van der Waals surface area contributed by atoms with E-state index < -0.39 is 5.97 Å². The maximum absolute atomic E-state index is 12.5. The summed E-state index contributed by atoms with van der Waals surface area (Å²) < 4.78 is 4.98. The van der Waals surface area contributed by atoms with Gasteiger partial charge in [-0.1, -0.05) is 6.07 Å². The van der Waals surface area contributed by atoms with E-state index in [1.807, 2.05) is 42.6 Å². The molecular weight excluding hydrogens is 386 g/mol. The van der Waals surface area contributed by atoms with Gasteiger partial charge in [0, 0.05) is 28.7 Å². The molecule has 0 unspecified atom stereocenters. The van der Waals surface area contributed by atoms with Gasteiger partial charge >= 0.3 is 5.97 Å². The summed E-state index contributed by atoms with van der Waals surface area (Å²) in [7, 11) is 0. The number of nitrogens with zero attached hydrogens (tertiary/aromatic N) is 2. The predicted molar refractivity (Wildman–Crippen MR) is 113 cm³/mol. The molecule has 2 heterocycles. The number of carbonyl (C=O) groups excluding carboxylic acids is 2. The second-order valence-electron chi connectivity index (χ2n) is 6.18. The normalized spacial score (nSPS) is 10.4. The number of ether oxygens (including phenoxy) is 1. The standard InChI is InChI=1S/C22H21N3O3S/c1-3-28-22(27)19-10-11-20(24-15(19)2)21(26)25-17-6-8-18(9-7-17)29-14-16-5-4-12-23-13-16/h4-13H,3,14H2,1-2H3,(H,25,26). The highest BCUT2D eigenvalue weighted by Gasteiger charge is 2.15. The first kappa shape index (κ1) is 20.5. The highest BCUT2D eigenvalue weighted by atomic mass is 32.2. The molecular formula is C22H21N3O3S. The number of rotatable bonds is 7. The van der Waals surface area contributed by atoms with Crippen molar-refractivity contribution in [3.05, 3.63) is 83.4 Å². The van der Waals surface area contributed by atoms with Crippen molar-refractivity contribution in [1.82, 2.24) is 9.97 Å². The molecule has 0 aliphatic rings. The van der Waals surface area contributed by atoms with E-state index in [1.54, 1.807) is 37.9 Å². The summed E-state index contributed by atoms with van der Waals surface area (Å²) in [4.78, 5) is 33.7. The maximum Gasteiger partial charge on any atom is 0.339 e. The van der Waals surface area contributed by atoms with Crippen LogP contribution in [0.1, 0.15) is 39.0 Å². The topological polar surface area (TPSA) is 81.2 Å². The minimum atomic E-state index is -0.441. The van der Waals surface area contributed by atoms with Gasteiger partial charge in [-0.15, -0.1) is 11.8 Å². The van der Waals surface area contributed by atoms with Crippen molar-refractivity contribution >= 4 is 29.3 Å². The van der Waals surface area contributed by atoms with Gasteiger partial charge in [0.2, 0.25) is 0 Å². The average molecular weight is 407 g/mol. The quantitative estimate of drug-likeness (QED) is 0.459. The van der Waals surface area contributed by atoms with Crippen LogP contribution in [0.3, 0.4) is 0 Å². The van der Waals surface area contributed by atoms with Crippen LogP contribution in [0.15, 0.2) is 65.8 Å². The zero-order valence-electron chi connectivity index (χ0n) is 16.2. The number of amides is 1. The van der Waals surface area contributed by atoms with Gasteiger partial charge in [-0.2, -0.15) is 0 Å². The van der Waals surface area contributed by atoms with Crippen LogP contribution in [-0.2, 0) is 10.5 Å².